The number of benzene rings is 6. The molecule has 48 heavy (non-hydrogen) atoms. The van der Waals surface area contributed by atoms with Gasteiger partial charge in [-0.15, -0.1) is 0 Å². The van der Waals surface area contributed by atoms with E-state index in [4.69, 9.17) is 0 Å². The summed E-state index contributed by atoms with van der Waals surface area (Å²) in [7, 11) is -2.05. The Morgan fingerprint density at radius 1 is 0.458 bits per heavy atom. The molecule has 0 aliphatic carbocycles. The van der Waals surface area contributed by atoms with Gasteiger partial charge in [-0.25, -0.2) is 22.0 Å². The average Bonchev–Trinajstić information content (AvgIpc) is 3.15. The Morgan fingerprint density at radius 3 is 1.23 bits per heavy atom. The van der Waals surface area contributed by atoms with Crippen molar-refractivity contribution in [2.24, 2.45) is 0 Å². The van der Waals surface area contributed by atoms with Crippen LogP contribution in [-0.2, 0) is 6.42 Å². The van der Waals surface area contributed by atoms with Crippen LogP contribution in [0.15, 0.2) is 158 Å². The monoisotopic (exact) mass is 680 g/mol. The molecule has 6 aromatic carbocycles. The maximum atomic E-state index is 15.2. The molecule has 0 aliphatic heterocycles. The molecule has 7 heteroatoms. The molecule has 0 fully saturated rings. The summed E-state index contributed by atoms with van der Waals surface area (Å²) in [5.41, 5.74) is 0.0793. The maximum absolute atomic E-state index is 15.2. The highest BCUT2D eigenvalue weighted by Crippen LogP contribution is 2.48. The van der Waals surface area contributed by atoms with Gasteiger partial charge in [0, 0.05) is 17.6 Å². The standard InChI is InChI=1S/C41H31F5P2/c42-37-36(38(43)40(45)41(46)39(37)44)27-30(29-16-6-1-7-17-29)26-35(48(33-22-12-4-13-23-33)34-24-14-5-15-25-34)28-47(31-18-8-2-9-19-31)32-20-10-3-11-21-32/h1-26,35H,27-28H2/b30-26-. The third-order valence-electron chi connectivity index (χ3n) is 8.11. The molecule has 1 atom stereocenters. The summed E-state index contributed by atoms with van der Waals surface area (Å²) in [6, 6.07) is 49.9. The van der Waals surface area contributed by atoms with E-state index in [1.807, 2.05) is 84.9 Å². The molecule has 0 saturated heterocycles. The molecule has 0 heterocycles. The van der Waals surface area contributed by atoms with Crippen LogP contribution < -0.4 is 21.2 Å². The zero-order valence-electron chi connectivity index (χ0n) is 25.8. The molecular formula is C41H31F5P2. The summed E-state index contributed by atoms with van der Waals surface area (Å²) in [5, 5.41) is 4.57. The van der Waals surface area contributed by atoms with Crippen molar-refractivity contribution in [2.75, 3.05) is 6.16 Å². The summed E-state index contributed by atoms with van der Waals surface area (Å²) >= 11 is 0. The van der Waals surface area contributed by atoms with Crippen LogP contribution in [0.4, 0.5) is 22.0 Å². The van der Waals surface area contributed by atoms with Crippen LogP contribution in [0.3, 0.4) is 0 Å². The van der Waals surface area contributed by atoms with Crippen LogP contribution in [0, 0.1) is 29.1 Å². The van der Waals surface area contributed by atoms with Crippen molar-refractivity contribution in [1.29, 1.82) is 0 Å². The molecule has 0 radical (unpaired) electrons. The molecule has 0 amide bonds. The van der Waals surface area contributed by atoms with Crippen molar-refractivity contribution in [2.45, 2.75) is 12.1 Å². The third kappa shape index (κ3) is 7.49. The van der Waals surface area contributed by atoms with E-state index in [1.165, 1.54) is 10.6 Å². The number of halogens is 5. The number of hydrogen-bond acceptors (Lipinski definition) is 0. The molecule has 0 nitrogen and oxygen atoms in total. The minimum Gasteiger partial charge on any atom is -0.203 e. The van der Waals surface area contributed by atoms with Crippen LogP contribution in [-0.4, -0.2) is 11.8 Å². The maximum Gasteiger partial charge on any atom is 0.200 e. The first-order valence-corrected chi connectivity index (χ1v) is 18.4. The number of allylic oxidation sites excluding steroid dienone is 2. The second-order valence-electron chi connectivity index (χ2n) is 11.2. The Hall–Kier alpha value is -4.43. The van der Waals surface area contributed by atoms with E-state index in [9.17, 15) is 13.2 Å². The highest BCUT2D eigenvalue weighted by molar-refractivity contribution is 7.77. The Balaban J connectivity index is 1.59. The van der Waals surface area contributed by atoms with Gasteiger partial charge in [0.1, 0.15) is 0 Å². The quantitative estimate of drug-likeness (QED) is 0.0554. The van der Waals surface area contributed by atoms with E-state index in [-0.39, 0.29) is 5.66 Å². The van der Waals surface area contributed by atoms with Gasteiger partial charge in [-0.05, 0) is 54.4 Å². The predicted octanol–water partition coefficient (Wildman–Crippen LogP) is 9.64. The minimum atomic E-state index is -2.16. The highest BCUT2D eigenvalue weighted by Gasteiger charge is 2.30. The fourth-order valence-corrected chi connectivity index (χ4v) is 11.6. The zero-order chi connectivity index (χ0) is 33.5. The first-order valence-electron chi connectivity index (χ1n) is 15.5. The highest BCUT2D eigenvalue weighted by atomic mass is 31.1. The number of rotatable bonds is 11. The molecular weight excluding hydrogens is 649 g/mol. The fourth-order valence-electron chi connectivity index (χ4n) is 5.82. The van der Waals surface area contributed by atoms with E-state index in [0.29, 0.717) is 17.3 Å². The van der Waals surface area contributed by atoms with Gasteiger partial charge in [0.05, 0.1) is 0 Å². The van der Waals surface area contributed by atoms with Crippen LogP contribution in [0.5, 0.6) is 0 Å². The molecule has 1 unspecified atom stereocenters. The topological polar surface area (TPSA) is 0 Å². The summed E-state index contributed by atoms with van der Waals surface area (Å²) in [6.07, 6.45) is 2.22. The van der Waals surface area contributed by atoms with Crippen LogP contribution in [0.1, 0.15) is 11.1 Å². The Bertz CT molecular complexity index is 1860. The van der Waals surface area contributed by atoms with Crippen molar-refractivity contribution < 1.29 is 22.0 Å². The lowest BCUT2D eigenvalue weighted by atomic mass is 9.96. The Kier molecular flexibility index (Phi) is 10.9. The van der Waals surface area contributed by atoms with Gasteiger partial charge in [-0.3, -0.25) is 0 Å². The summed E-state index contributed by atoms with van der Waals surface area (Å²) in [5.74, 6) is -9.67. The smallest absolute Gasteiger partial charge is 0.200 e. The zero-order valence-corrected chi connectivity index (χ0v) is 27.6. The van der Waals surface area contributed by atoms with Gasteiger partial charge in [-0.2, -0.15) is 0 Å². The van der Waals surface area contributed by atoms with Crippen molar-refractivity contribution >= 4 is 42.6 Å². The van der Waals surface area contributed by atoms with E-state index in [2.05, 4.69) is 48.5 Å². The second kappa shape index (κ2) is 15.6. The lowest BCUT2D eigenvalue weighted by Gasteiger charge is -2.31. The molecule has 0 saturated carbocycles. The SMILES string of the molecule is Fc1c(F)c(F)c(C/C(=C/C(CP(c2ccccc2)c2ccccc2)P(c2ccccc2)c2ccccc2)c2ccccc2)c(F)c1F. The molecule has 240 valence electrons. The van der Waals surface area contributed by atoms with E-state index in [1.54, 1.807) is 24.3 Å². The summed E-state index contributed by atoms with van der Waals surface area (Å²) in [6.45, 7) is 0. The minimum absolute atomic E-state index is 0.201. The van der Waals surface area contributed by atoms with E-state index in [0.717, 1.165) is 10.6 Å². The normalized spacial score (nSPS) is 12.4. The Morgan fingerprint density at radius 2 is 0.812 bits per heavy atom. The van der Waals surface area contributed by atoms with Gasteiger partial charge < -0.3 is 0 Å². The second-order valence-corrected chi connectivity index (χ2v) is 15.9. The van der Waals surface area contributed by atoms with Gasteiger partial charge in [0.2, 0.25) is 5.82 Å². The predicted molar refractivity (Wildman–Crippen MR) is 191 cm³/mol. The molecule has 0 spiro atoms. The first kappa shape index (κ1) is 33.5. The Labute approximate surface area is 280 Å². The third-order valence-corrected chi connectivity index (χ3v) is 13.7. The van der Waals surface area contributed by atoms with Gasteiger partial charge in [0.15, 0.2) is 23.3 Å². The molecule has 6 aromatic rings. The van der Waals surface area contributed by atoms with Gasteiger partial charge >= 0.3 is 0 Å². The number of hydrogen-bond donors (Lipinski definition) is 0. The van der Waals surface area contributed by atoms with Crippen LogP contribution in [0.2, 0.25) is 0 Å². The first-order chi connectivity index (χ1) is 23.4. The van der Waals surface area contributed by atoms with Crippen molar-refractivity contribution in [3.05, 3.63) is 198 Å². The molecule has 6 rings (SSSR count). The average molecular weight is 681 g/mol. The molecule has 0 aliphatic rings. The van der Waals surface area contributed by atoms with E-state index >= 15 is 8.78 Å². The molecule has 0 N–H and O–H groups in total. The van der Waals surface area contributed by atoms with E-state index < -0.39 is 56.9 Å². The van der Waals surface area contributed by atoms with Crippen molar-refractivity contribution in [3.63, 3.8) is 0 Å². The largest absolute Gasteiger partial charge is 0.203 e. The molecule has 0 bridgehead atoms. The van der Waals surface area contributed by atoms with Crippen LogP contribution in [0.25, 0.3) is 5.57 Å². The molecule has 0 aromatic heterocycles. The van der Waals surface area contributed by atoms with Crippen molar-refractivity contribution in [3.8, 4) is 0 Å². The summed E-state index contributed by atoms with van der Waals surface area (Å²) in [4.78, 5) is 0. The lowest BCUT2D eigenvalue weighted by molar-refractivity contribution is 0.372. The summed E-state index contributed by atoms with van der Waals surface area (Å²) < 4.78 is 73.4. The fraction of sp³-hybridized carbons (Fsp3) is 0.0732. The van der Waals surface area contributed by atoms with Crippen molar-refractivity contribution in [1.82, 2.24) is 0 Å². The van der Waals surface area contributed by atoms with Crippen LogP contribution >= 0.6 is 15.8 Å². The lowest BCUT2D eigenvalue weighted by Crippen LogP contribution is -2.26. The van der Waals surface area contributed by atoms with Gasteiger partial charge in [0.25, 0.3) is 0 Å². The van der Waals surface area contributed by atoms with Gasteiger partial charge in [-0.1, -0.05) is 158 Å².